The first-order valence-corrected chi connectivity index (χ1v) is 15.8. The number of carbonyl (C=O) groups excluding carboxylic acids is 3. The third-order valence-corrected chi connectivity index (χ3v) is 8.78. The van der Waals surface area contributed by atoms with Crippen LogP contribution >= 0.6 is 0 Å². The van der Waals surface area contributed by atoms with E-state index in [9.17, 15) is 29.0 Å². The normalized spacial score (nSPS) is 28.4. The van der Waals surface area contributed by atoms with Crippen LogP contribution in [0.4, 0.5) is 19.7 Å². The van der Waals surface area contributed by atoms with E-state index < -0.39 is 30.1 Å². The maximum absolute atomic E-state index is 14.8. The summed E-state index contributed by atoms with van der Waals surface area (Å²) >= 11 is 0. The number of hydrogen-bond donors (Lipinski definition) is 2. The van der Waals surface area contributed by atoms with E-state index in [0.717, 1.165) is 13.1 Å². The number of carbonyl (C=O) groups is 3. The highest BCUT2D eigenvalue weighted by atomic mass is 19.1. The molecule has 0 unspecified atom stereocenters. The Morgan fingerprint density at radius 1 is 1.07 bits per heavy atom. The summed E-state index contributed by atoms with van der Waals surface area (Å²) < 4.78 is 26.6. The van der Waals surface area contributed by atoms with E-state index in [1.54, 1.807) is 24.0 Å². The minimum absolute atomic E-state index is 0.0997. The van der Waals surface area contributed by atoms with Crippen molar-refractivity contribution in [1.29, 1.82) is 0 Å². The molecule has 11 nitrogen and oxygen atoms in total. The Kier molecular flexibility index (Phi) is 12.0. The Hall–Kier alpha value is -3.48. The van der Waals surface area contributed by atoms with Crippen molar-refractivity contribution < 1.29 is 38.5 Å². The number of aliphatic hydroxyl groups excluding tert-OH is 2. The van der Waals surface area contributed by atoms with E-state index in [1.807, 2.05) is 33.0 Å². The summed E-state index contributed by atoms with van der Waals surface area (Å²) in [6.07, 6.45) is 3.58. The molecule has 248 valence electrons. The van der Waals surface area contributed by atoms with E-state index in [-0.39, 0.29) is 43.5 Å². The molecule has 1 aromatic rings. The summed E-state index contributed by atoms with van der Waals surface area (Å²) in [6, 6.07) is 4.03. The highest BCUT2D eigenvalue weighted by Crippen LogP contribution is 2.28. The van der Waals surface area contributed by atoms with Gasteiger partial charge in [0.15, 0.2) is 0 Å². The molecule has 12 heteroatoms. The summed E-state index contributed by atoms with van der Waals surface area (Å²) in [6.45, 7) is 9.21. The smallest absolute Gasteiger partial charge is 0.410 e. The molecule has 0 aromatic heterocycles. The van der Waals surface area contributed by atoms with Crippen LogP contribution in [0.15, 0.2) is 35.9 Å². The van der Waals surface area contributed by atoms with Crippen LogP contribution in [0, 0.1) is 17.7 Å². The van der Waals surface area contributed by atoms with Crippen LogP contribution in [-0.4, -0.2) is 121 Å². The minimum Gasteiger partial charge on any atom is -0.457 e. The topological polar surface area (TPSA) is 123 Å². The molecule has 2 N–H and O–H groups in total. The fourth-order valence-corrected chi connectivity index (χ4v) is 5.96. The standard InChI is InChI=1S/C33H47FN4O7/c1-22-5-7-28(40)21-30(41)45-31(23(2)6-8-29(22)44-33(43)37-11-9-35(4)10-12-37)24(3)17-25-18-26(34)20-27(19-25)38-14-13-36(15-16-39)32(38)42/h6,8,17-20,22-23,28-29,31,39-40H,5,7,9-16,21H2,1-4H3/b8-6-,24-17+/t22-,23-,28+,29-,31-/m0/s1. The Morgan fingerprint density at radius 2 is 1.80 bits per heavy atom. The number of urea groups is 1. The molecule has 0 aliphatic carbocycles. The number of ether oxygens (including phenoxy) is 2. The van der Waals surface area contributed by atoms with E-state index >= 15 is 0 Å². The number of piperazine rings is 1. The number of cyclic esters (lactones) is 1. The molecule has 3 aliphatic heterocycles. The Bertz CT molecular complexity index is 1270. The number of halogens is 1. The number of likely N-dealkylation sites (N-methyl/N-ethyl adjacent to an activating group) is 1. The van der Waals surface area contributed by atoms with Gasteiger partial charge in [0.2, 0.25) is 0 Å². The number of amides is 3. The van der Waals surface area contributed by atoms with Crippen molar-refractivity contribution in [2.24, 2.45) is 11.8 Å². The van der Waals surface area contributed by atoms with Crippen LogP contribution in [0.2, 0.25) is 0 Å². The number of β-amino-alcohol motifs (C(OH)–C–C–N with tert-alkyl or cyclic N) is 1. The lowest BCUT2D eigenvalue weighted by molar-refractivity contribution is -0.151. The van der Waals surface area contributed by atoms with Gasteiger partial charge in [-0.25, -0.2) is 14.0 Å². The number of rotatable bonds is 6. The quantitative estimate of drug-likeness (QED) is 0.362. The SMILES string of the molecule is C/C(=C\c1cc(F)cc(N2CCN(CCO)C2=O)c1)[C@H]1OC(=O)C[C@H](O)CC[C@H](C)[C@@H](OC(=O)N2CCN(C)CC2)/C=C\[C@@H]1C. The highest BCUT2D eigenvalue weighted by Gasteiger charge is 2.31. The Labute approximate surface area is 264 Å². The van der Waals surface area contributed by atoms with Gasteiger partial charge in [0, 0.05) is 57.4 Å². The third-order valence-electron chi connectivity index (χ3n) is 8.78. The molecule has 45 heavy (non-hydrogen) atoms. The van der Waals surface area contributed by atoms with Crippen LogP contribution in [0.3, 0.4) is 0 Å². The van der Waals surface area contributed by atoms with Crippen LogP contribution in [0.5, 0.6) is 0 Å². The number of nitrogens with zero attached hydrogens (tertiary/aromatic N) is 4. The molecule has 3 amide bonds. The largest absolute Gasteiger partial charge is 0.457 e. The number of esters is 1. The van der Waals surface area contributed by atoms with Crippen molar-refractivity contribution in [3.63, 3.8) is 0 Å². The van der Waals surface area contributed by atoms with Gasteiger partial charge in [-0.15, -0.1) is 0 Å². The van der Waals surface area contributed by atoms with Gasteiger partial charge < -0.3 is 34.4 Å². The van der Waals surface area contributed by atoms with E-state index in [1.165, 1.54) is 21.9 Å². The zero-order valence-corrected chi connectivity index (χ0v) is 26.7. The summed E-state index contributed by atoms with van der Waals surface area (Å²) in [5, 5.41) is 19.8. The van der Waals surface area contributed by atoms with Gasteiger partial charge in [-0.3, -0.25) is 9.69 Å². The van der Waals surface area contributed by atoms with Crippen molar-refractivity contribution in [3.05, 3.63) is 47.3 Å². The zero-order valence-electron chi connectivity index (χ0n) is 26.7. The monoisotopic (exact) mass is 630 g/mol. The van der Waals surface area contributed by atoms with Gasteiger partial charge in [-0.2, -0.15) is 0 Å². The van der Waals surface area contributed by atoms with Crippen molar-refractivity contribution in [2.45, 2.75) is 58.3 Å². The Balaban J connectivity index is 1.57. The molecule has 0 saturated carbocycles. The van der Waals surface area contributed by atoms with Crippen LogP contribution in [0.25, 0.3) is 6.08 Å². The molecular formula is C33H47FN4O7. The van der Waals surface area contributed by atoms with Gasteiger partial charge in [-0.1, -0.05) is 26.0 Å². The second-order valence-corrected chi connectivity index (χ2v) is 12.5. The molecule has 0 spiro atoms. The predicted octanol–water partition coefficient (Wildman–Crippen LogP) is 3.50. The minimum atomic E-state index is -0.910. The van der Waals surface area contributed by atoms with Crippen LogP contribution in [-0.2, 0) is 14.3 Å². The van der Waals surface area contributed by atoms with Crippen LogP contribution in [0.1, 0.15) is 45.6 Å². The third kappa shape index (κ3) is 9.27. The second kappa shape index (κ2) is 15.7. The van der Waals surface area contributed by atoms with Gasteiger partial charge in [-0.05, 0) is 68.1 Å². The second-order valence-electron chi connectivity index (χ2n) is 12.5. The fraction of sp³-hybridized carbons (Fsp3) is 0.606. The average molecular weight is 631 g/mol. The molecule has 4 rings (SSSR count). The van der Waals surface area contributed by atoms with Gasteiger partial charge in [0.05, 0.1) is 19.1 Å². The first kappa shape index (κ1) is 34.4. The summed E-state index contributed by atoms with van der Waals surface area (Å²) in [7, 11) is 2.02. The summed E-state index contributed by atoms with van der Waals surface area (Å²) in [5.41, 5.74) is 1.52. The lowest BCUT2D eigenvalue weighted by atomic mass is 9.91. The van der Waals surface area contributed by atoms with Crippen molar-refractivity contribution in [3.8, 4) is 0 Å². The van der Waals surface area contributed by atoms with E-state index in [4.69, 9.17) is 9.47 Å². The molecular weight excluding hydrogens is 583 g/mol. The molecule has 0 bridgehead atoms. The van der Waals surface area contributed by atoms with Gasteiger partial charge in [0.1, 0.15) is 18.0 Å². The maximum atomic E-state index is 14.8. The molecule has 5 atom stereocenters. The summed E-state index contributed by atoms with van der Waals surface area (Å²) in [5.74, 6) is -1.51. The highest BCUT2D eigenvalue weighted by molar-refractivity contribution is 5.94. The lowest BCUT2D eigenvalue weighted by Crippen LogP contribution is -2.48. The molecule has 1 aromatic carbocycles. The number of benzene rings is 1. The Morgan fingerprint density at radius 3 is 2.51 bits per heavy atom. The van der Waals surface area contributed by atoms with Crippen molar-refractivity contribution in [2.75, 3.05) is 64.4 Å². The average Bonchev–Trinajstić information content (AvgIpc) is 3.35. The number of hydrogen-bond acceptors (Lipinski definition) is 8. The van der Waals surface area contributed by atoms with Crippen LogP contribution < -0.4 is 4.90 Å². The molecule has 0 radical (unpaired) electrons. The first-order valence-electron chi connectivity index (χ1n) is 15.8. The number of anilines is 1. The maximum Gasteiger partial charge on any atom is 0.410 e. The fourth-order valence-electron chi connectivity index (χ4n) is 5.96. The molecule has 2 fully saturated rings. The van der Waals surface area contributed by atoms with Crippen molar-refractivity contribution >= 4 is 29.9 Å². The summed E-state index contributed by atoms with van der Waals surface area (Å²) in [4.78, 5) is 45.5. The van der Waals surface area contributed by atoms with E-state index in [0.29, 0.717) is 55.8 Å². The predicted molar refractivity (Wildman–Crippen MR) is 168 cm³/mol. The molecule has 2 saturated heterocycles. The molecule has 3 heterocycles. The zero-order chi connectivity index (χ0) is 32.7. The van der Waals surface area contributed by atoms with E-state index in [2.05, 4.69) is 4.90 Å². The van der Waals surface area contributed by atoms with Gasteiger partial charge >= 0.3 is 18.1 Å². The number of aliphatic hydroxyl groups is 2. The first-order chi connectivity index (χ1) is 21.4. The lowest BCUT2D eigenvalue weighted by Gasteiger charge is -2.33. The van der Waals surface area contributed by atoms with Crippen molar-refractivity contribution in [1.82, 2.24) is 14.7 Å². The molecule has 3 aliphatic rings. The van der Waals surface area contributed by atoms with Gasteiger partial charge in [0.25, 0.3) is 0 Å².